The number of Topliss-reactive ketones (excluding diaryl/α,β-unsaturated/α-hetero) is 1. The summed E-state index contributed by atoms with van der Waals surface area (Å²) in [6.45, 7) is 8.75. The maximum atomic E-state index is 12.5. The lowest BCUT2D eigenvalue weighted by atomic mass is 9.89. The molecule has 0 spiro atoms. The summed E-state index contributed by atoms with van der Waals surface area (Å²) in [6, 6.07) is 8.25. The Bertz CT molecular complexity index is 369. The summed E-state index contributed by atoms with van der Waals surface area (Å²) < 4.78 is 0. The molecule has 1 aromatic carbocycles. The van der Waals surface area contributed by atoms with Gasteiger partial charge in [-0.25, -0.2) is 0 Å². The van der Waals surface area contributed by atoms with Crippen LogP contribution in [0.1, 0.15) is 69.3 Å². The van der Waals surface area contributed by atoms with Gasteiger partial charge in [-0.05, 0) is 30.7 Å². The molecule has 0 radical (unpaired) electrons. The fourth-order valence-electron chi connectivity index (χ4n) is 2.62. The van der Waals surface area contributed by atoms with Crippen molar-refractivity contribution in [2.75, 3.05) is 0 Å². The van der Waals surface area contributed by atoms with E-state index in [1.54, 1.807) is 0 Å². The molecule has 0 aliphatic carbocycles. The molecule has 1 heteroatoms. The summed E-state index contributed by atoms with van der Waals surface area (Å²) in [5, 5.41) is 0. The van der Waals surface area contributed by atoms with Gasteiger partial charge in [0.15, 0.2) is 5.78 Å². The Kier molecular flexibility index (Phi) is 6.83. The number of ketones is 1. The van der Waals surface area contributed by atoms with Crippen molar-refractivity contribution in [3.63, 3.8) is 0 Å². The van der Waals surface area contributed by atoms with Crippen LogP contribution < -0.4 is 0 Å². The van der Waals surface area contributed by atoms with Crippen LogP contribution >= 0.6 is 0 Å². The Morgan fingerprint density at radius 1 is 1.00 bits per heavy atom. The van der Waals surface area contributed by atoms with Gasteiger partial charge in [-0.2, -0.15) is 0 Å². The average molecular weight is 260 g/mol. The highest BCUT2D eigenvalue weighted by molar-refractivity contribution is 5.97. The molecule has 1 rings (SSSR count). The number of benzene rings is 1. The Morgan fingerprint density at radius 2 is 1.53 bits per heavy atom. The molecule has 0 amide bonds. The first kappa shape index (κ1) is 15.9. The van der Waals surface area contributed by atoms with Gasteiger partial charge in [0, 0.05) is 11.5 Å². The van der Waals surface area contributed by atoms with Crippen molar-refractivity contribution in [1.82, 2.24) is 0 Å². The first-order chi connectivity index (χ1) is 9.08. The third-order valence-corrected chi connectivity index (χ3v) is 3.53. The Balaban J connectivity index is 2.75. The molecule has 0 aliphatic rings. The van der Waals surface area contributed by atoms with Crippen molar-refractivity contribution in [2.45, 2.75) is 59.8 Å². The molecule has 19 heavy (non-hydrogen) atoms. The largest absolute Gasteiger partial charge is 0.294 e. The Hall–Kier alpha value is -1.11. The van der Waals surface area contributed by atoms with E-state index >= 15 is 0 Å². The minimum Gasteiger partial charge on any atom is -0.294 e. The molecule has 0 fully saturated rings. The molecular formula is C18H28O. The quantitative estimate of drug-likeness (QED) is 0.581. The van der Waals surface area contributed by atoms with Gasteiger partial charge < -0.3 is 0 Å². The SMILES string of the molecule is CCCC(CCC)C(=O)c1ccc(CC(C)C)cc1. The minimum absolute atomic E-state index is 0.214. The van der Waals surface area contributed by atoms with E-state index in [9.17, 15) is 4.79 Å². The van der Waals surface area contributed by atoms with Crippen LogP contribution in [-0.4, -0.2) is 5.78 Å². The molecule has 0 aliphatic heterocycles. The van der Waals surface area contributed by atoms with Gasteiger partial charge in [0.1, 0.15) is 0 Å². The standard InChI is InChI=1S/C18H28O/c1-5-7-16(8-6-2)18(19)17-11-9-15(10-12-17)13-14(3)4/h9-12,14,16H,5-8,13H2,1-4H3. The van der Waals surface area contributed by atoms with E-state index in [1.807, 2.05) is 12.1 Å². The summed E-state index contributed by atoms with van der Waals surface area (Å²) in [5.74, 6) is 1.21. The van der Waals surface area contributed by atoms with Crippen molar-refractivity contribution in [2.24, 2.45) is 11.8 Å². The first-order valence-corrected chi connectivity index (χ1v) is 7.71. The monoisotopic (exact) mass is 260 g/mol. The van der Waals surface area contributed by atoms with Crippen LogP contribution in [0.25, 0.3) is 0 Å². The number of carbonyl (C=O) groups is 1. The minimum atomic E-state index is 0.214. The maximum absolute atomic E-state index is 12.5. The molecule has 0 aromatic heterocycles. The van der Waals surface area contributed by atoms with E-state index in [0.29, 0.717) is 11.7 Å². The van der Waals surface area contributed by atoms with Crippen molar-refractivity contribution < 1.29 is 4.79 Å². The van der Waals surface area contributed by atoms with Crippen LogP contribution in [0.2, 0.25) is 0 Å². The van der Waals surface area contributed by atoms with Crippen LogP contribution in [-0.2, 0) is 6.42 Å². The normalized spacial score (nSPS) is 11.3. The smallest absolute Gasteiger partial charge is 0.165 e. The molecule has 1 nitrogen and oxygen atoms in total. The number of rotatable bonds is 8. The Morgan fingerprint density at radius 3 is 1.95 bits per heavy atom. The highest BCUT2D eigenvalue weighted by atomic mass is 16.1. The van der Waals surface area contributed by atoms with Gasteiger partial charge in [-0.15, -0.1) is 0 Å². The summed E-state index contributed by atoms with van der Waals surface area (Å²) >= 11 is 0. The van der Waals surface area contributed by atoms with Crippen molar-refractivity contribution in [3.8, 4) is 0 Å². The predicted molar refractivity (Wildman–Crippen MR) is 82.6 cm³/mol. The fraction of sp³-hybridized carbons (Fsp3) is 0.611. The van der Waals surface area contributed by atoms with E-state index in [-0.39, 0.29) is 5.92 Å². The first-order valence-electron chi connectivity index (χ1n) is 7.71. The predicted octanol–water partition coefficient (Wildman–Crippen LogP) is 5.28. The average Bonchev–Trinajstić information content (AvgIpc) is 2.38. The van der Waals surface area contributed by atoms with Crippen LogP contribution in [0, 0.1) is 11.8 Å². The zero-order valence-corrected chi connectivity index (χ0v) is 12.9. The second kappa shape index (κ2) is 8.14. The fourth-order valence-corrected chi connectivity index (χ4v) is 2.62. The molecule has 0 heterocycles. The van der Waals surface area contributed by atoms with Crippen molar-refractivity contribution >= 4 is 5.78 Å². The number of hydrogen-bond donors (Lipinski definition) is 0. The van der Waals surface area contributed by atoms with E-state index in [4.69, 9.17) is 0 Å². The molecule has 106 valence electrons. The molecular weight excluding hydrogens is 232 g/mol. The highest BCUT2D eigenvalue weighted by Gasteiger charge is 2.18. The second-order valence-electron chi connectivity index (χ2n) is 5.93. The van der Waals surface area contributed by atoms with Gasteiger partial charge in [-0.1, -0.05) is 64.8 Å². The zero-order valence-electron chi connectivity index (χ0n) is 12.9. The Labute approximate surface area is 118 Å². The van der Waals surface area contributed by atoms with Gasteiger partial charge in [0.2, 0.25) is 0 Å². The maximum Gasteiger partial charge on any atom is 0.165 e. The molecule has 0 N–H and O–H groups in total. The lowest BCUT2D eigenvalue weighted by Gasteiger charge is -2.14. The van der Waals surface area contributed by atoms with Crippen molar-refractivity contribution in [3.05, 3.63) is 35.4 Å². The van der Waals surface area contributed by atoms with Gasteiger partial charge >= 0.3 is 0 Å². The molecule has 0 saturated heterocycles. The molecule has 0 unspecified atom stereocenters. The van der Waals surface area contributed by atoms with Gasteiger partial charge in [0.05, 0.1) is 0 Å². The lowest BCUT2D eigenvalue weighted by Crippen LogP contribution is -2.14. The van der Waals surface area contributed by atoms with E-state index in [0.717, 1.165) is 37.7 Å². The highest BCUT2D eigenvalue weighted by Crippen LogP contribution is 2.20. The zero-order chi connectivity index (χ0) is 14.3. The second-order valence-corrected chi connectivity index (χ2v) is 5.93. The van der Waals surface area contributed by atoms with E-state index in [1.165, 1.54) is 5.56 Å². The lowest BCUT2D eigenvalue weighted by molar-refractivity contribution is 0.0905. The van der Waals surface area contributed by atoms with Crippen LogP contribution in [0.15, 0.2) is 24.3 Å². The number of carbonyl (C=O) groups excluding carboxylic acids is 1. The number of hydrogen-bond acceptors (Lipinski definition) is 1. The molecule has 0 saturated carbocycles. The molecule has 0 atom stereocenters. The van der Waals surface area contributed by atoms with Crippen LogP contribution in [0.4, 0.5) is 0 Å². The van der Waals surface area contributed by atoms with Gasteiger partial charge in [0.25, 0.3) is 0 Å². The summed E-state index contributed by atoms with van der Waals surface area (Å²) in [7, 11) is 0. The molecule has 1 aromatic rings. The molecule has 0 bridgehead atoms. The van der Waals surface area contributed by atoms with Crippen LogP contribution in [0.3, 0.4) is 0 Å². The summed E-state index contributed by atoms with van der Waals surface area (Å²) in [6.07, 6.45) is 5.28. The van der Waals surface area contributed by atoms with E-state index < -0.39 is 0 Å². The summed E-state index contributed by atoms with van der Waals surface area (Å²) in [4.78, 5) is 12.5. The van der Waals surface area contributed by atoms with Crippen molar-refractivity contribution in [1.29, 1.82) is 0 Å². The third-order valence-electron chi connectivity index (χ3n) is 3.53. The topological polar surface area (TPSA) is 17.1 Å². The van der Waals surface area contributed by atoms with E-state index in [2.05, 4.69) is 39.8 Å². The third kappa shape index (κ3) is 5.18. The van der Waals surface area contributed by atoms with Gasteiger partial charge in [-0.3, -0.25) is 4.79 Å². The summed E-state index contributed by atoms with van der Waals surface area (Å²) in [5.41, 5.74) is 2.22. The van der Waals surface area contributed by atoms with Crippen LogP contribution in [0.5, 0.6) is 0 Å².